The van der Waals surface area contributed by atoms with Crippen molar-refractivity contribution in [3.05, 3.63) is 65.7 Å². The molecule has 1 unspecified atom stereocenters. The van der Waals surface area contributed by atoms with Crippen LogP contribution < -0.4 is 10.2 Å². The van der Waals surface area contributed by atoms with Gasteiger partial charge in [-0.15, -0.1) is 0 Å². The summed E-state index contributed by atoms with van der Waals surface area (Å²) in [4.78, 5) is 14.5. The predicted molar refractivity (Wildman–Crippen MR) is 94.8 cm³/mol. The Kier molecular flexibility index (Phi) is 4.96. The maximum Gasteiger partial charge on any atom is 0.239 e. The number of para-hydroxylation sites is 1. The summed E-state index contributed by atoms with van der Waals surface area (Å²) in [6, 6.07) is 18.7. The summed E-state index contributed by atoms with van der Waals surface area (Å²) >= 11 is 0. The molecule has 1 heterocycles. The van der Waals surface area contributed by atoms with E-state index in [2.05, 4.69) is 47.5 Å². The smallest absolute Gasteiger partial charge is 0.239 e. The Labute approximate surface area is 138 Å². The van der Waals surface area contributed by atoms with E-state index in [-0.39, 0.29) is 5.91 Å². The van der Waals surface area contributed by atoms with E-state index in [0.29, 0.717) is 19.0 Å². The average molecular weight is 308 g/mol. The molecule has 3 rings (SSSR count). The van der Waals surface area contributed by atoms with E-state index in [9.17, 15) is 4.79 Å². The van der Waals surface area contributed by atoms with Gasteiger partial charge in [0.2, 0.25) is 5.91 Å². The first-order valence-electron chi connectivity index (χ1n) is 8.38. The number of rotatable bonds is 5. The standard InChI is InChI=1S/C20H24N2O/c1-16(17-8-3-2-4-9-17)14-21-20(23)15-22-13-7-11-18-10-5-6-12-19(18)22/h2-6,8-10,12,16H,7,11,13-15H2,1H3,(H,21,23). The molecule has 0 radical (unpaired) electrons. The quantitative estimate of drug-likeness (QED) is 0.918. The fourth-order valence-electron chi connectivity index (χ4n) is 3.17. The Hall–Kier alpha value is -2.29. The molecule has 1 aliphatic heterocycles. The predicted octanol–water partition coefficient (Wildman–Crippen LogP) is 3.36. The topological polar surface area (TPSA) is 32.3 Å². The van der Waals surface area contributed by atoms with Crippen LogP contribution in [0.3, 0.4) is 0 Å². The molecular weight excluding hydrogens is 284 g/mol. The van der Waals surface area contributed by atoms with Crippen molar-refractivity contribution >= 4 is 11.6 Å². The van der Waals surface area contributed by atoms with Gasteiger partial charge in [-0.25, -0.2) is 0 Å². The highest BCUT2D eigenvalue weighted by Crippen LogP contribution is 2.26. The Bertz CT molecular complexity index is 654. The number of anilines is 1. The van der Waals surface area contributed by atoms with Crippen LogP contribution in [0.15, 0.2) is 54.6 Å². The van der Waals surface area contributed by atoms with E-state index in [1.165, 1.54) is 16.8 Å². The number of hydrogen-bond acceptors (Lipinski definition) is 2. The summed E-state index contributed by atoms with van der Waals surface area (Å²) < 4.78 is 0. The number of aryl methyl sites for hydroxylation is 1. The zero-order chi connectivity index (χ0) is 16.1. The lowest BCUT2D eigenvalue weighted by atomic mass is 10.0. The van der Waals surface area contributed by atoms with Gasteiger partial charge in [0.25, 0.3) is 0 Å². The molecule has 0 spiro atoms. The summed E-state index contributed by atoms with van der Waals surface area (Å²) in [6.07, 6.45) is 2.23. The van der Waals surface area contributed by atoms with Crippen LogP contribution in [0.2, 0.25) is 0 Å². The molecule has 3 nitrogen and oxygen atoms in total. The first-order valence-corrected chi connectivity index (χ1v) is 8.38. The van der Waals surface area contributed by atoms with Crippen LogP contribution in [0.1, 0.15) is 30.4 Å². The fourth-order valence-corrected chi connectivity index (χ4v) is 3.17. The molecular formula is C20H24N2O. The van der Waals surface area contributed by atoms with Gasteiger partial charge in [0, 0.05) is 18.8 Å². The molecule has 120 valence electrons. The van der Waals surface area contributed by atoms with Crippen molar-refractivity contribution in [2.24, 2.45) is 0 Å². The average Bonchev–Trinajstić information content (AvgIpc) is 2.61. The van der Waals surface area contributed by atoms with Crippen molar-refractivity contribution in [2.75, 3.05) is 24.5 Å². The number of hydrogen-bond donors (Lipinski definition) is 1. The summed E-state index contributed by atoms with van der Waals surface area (Å²) in [5.74, 6) is 0.429. The van der Waals surface area contributed by atoms with Gasteiger partial charge in [0.1, 0.15) is 0 Å². The monoisotopic (exact) mass is 308 g/mol. The van der Waals surface area contributed by atoms with Gasteiger partial charge in [0.05, 0.1) is 6.54 Å². The molecule has 0 fully saturated rings. The maximum atomic E-state index is 12.3. The third kappa shape index (κ3) is 3.92. The van der Waals surface area contributed by atoms with E-state index >= 15 is 0 Å². The highest BCUT2D eigenvalue weighted by Gasteiger charge is 2.18. The van der Waals surface area contributed by atoms with Crippen molar-refractivity contribution in [1.29, 1.82) is 0 Å². The first kappa shape index (κ1) is 15.6. The van der Waals surface area contributed by atoms with Crippen LogP contribution in [-0.4, -0.2) is 25.5 Å². The molecule has 0 aliphatic carbocycles. The van der Waals surface area contributed by atoms with Gasteiger partial charge < -0.3 is 10.2 Å². The van der Waals surface area contributed by atoms with E-state index in [1.807, 2.05) is 24.3 Å². The molecule has 3 heteroatoms. The van der Waals surface area contributed by atoms with Gasteiger partial charge >= 0.3 is 0 Å². The first-order chi connectivity index (χ1) is 11.2. The van der Waals surface area contributed by atoms with Gasteiger partial charge in [-0.05, 0) is 36.0 Å². The van der Waals surface area contributed by atoms with Crippen LogP contribution in [0.25, 0.3) is 0 Å². The number of benzene rings is 2. The van der Waals surface area contributed by atoms with E-state index in [4.69, 9.17) is 0 Å². The zero-order valence-corrected chi connectivity index (χ0v) is 13.7. The molecule has 0 bridgehead atoms. The van der Waals surface area contributed by atoms with Crippen LogP contribution in [-0.2, 0) is 11.2 Å². The Morgan fingerprint density at radius 1 is 1.13 bits per heavy atom. The largest absolute Gasteiger partial charge is 0.362 e. The van der Waals surface area contributed by atoms with Gasteiger partial charge in [0.15, 0.2) is 0 Å². The Morgan fingerprint density at radius 3 is 2.70 bits per heavy atom. The number of carbonyl (C=O) groups excluding carboxylic acids is 1. The third-order valence-corrected chi connectivity index (χ3v) is 4.51. The number of carbonyl (C=O) groups is 1. The molecule has 2 aromatic carbocycles. The van der Waals surface area contributed by atoms with Crippen molar-refractivity contribution in [3.63, 3.8) is 0 Å². The summed E-state index contributed by atoms with van der Waals surface area (Å²) in [6.45, 7) is 4.22. The molecule has 1 amide bonds. The Morgan fingerprint density at radius 2 is 1.87 bits per heavy atom. The van der Waals surface area contributed by atoms with Crippen molar-refractivity contribution in [3.8, 4) is 0 Å². The molecule has 1 N–H and O–H groups in total. The van der Waals surface area contributed by atoms with Crippen LogP contribution >= 0.6 is 0 Å². The second-order valence-corrected chi connectivity index (χ2v) is 6.27. The fraction of sp³-hybridized carbons (Fsp3) is 0.350. The maximum absolute atomic E-state index is 12.3. The Balaban J connectivity index is 1.54. The van der Waals surface area contributed by atoms with Crippen molar-refractivity contribution in [2.45, 2.75) is 25.7 Å². The normalized spacial score (nSPS) is 14.9. The zero-order valence-electron chi connectivity index (χ0n) is 13.7. The van der Waals surface area contributed by atoms with Crippen LogP contribution in [0, 0.1) is 0 Å². The third-order valence-electron chi connectivity index (χ3n) is 4.51. The SMILES string of the molecule is CC(CNC(=O)CN1CCCc2ccccc21)c1ccccc1. The van der Waals surface area contributed by atoms with Gasteiger partial charge in [-0.3, -0.25) is 4.79 Å². The molecule has 1 aliphatic rings. The van der Waals surface area contributed by atoms with Crippen molar-refractivity contribution < 1.29 is 4.79 Å². The summed E-state index contributed by atoms with van der Waals surface area (Å²) in [5.41, 5.74) is 3.82. The van der Waals surface area contributed by atoms with Crippen LogP contribution in [0.4, 0.5) is 5.69 Å². The molecule has 23 heavy (non-hydrogen) atoms. The molecule has 0 saturated heterocycles. The number of nitrogens with one attached hydrogen (secondary N) is 1. The second-order valence-electron chi connectivity index (χ2n) is 6.27. The lowest BCUT2D eigenvalue weighted by molar-refractivity contribution is -0.119. The van der Waals surface area contributed by atoms with E-state index in [1.54, 1.807) is 0 Å². The lowest BCUT2D eigenvalue weighted by Gasteiger charge is -2.30. The minimum Gasteiger partial charge on any atom is -0.362 e. The number of nitrogens with zero attached hydrogens (tertiary/aromatic N) is 1. The lowest BCUT2D eigenvalue weighted by Crippen LogP contribution is -2.40. The number of fused-ring (bicyclic) bond motifs is 1. The summed E-state index contributed by atoms with van der Waals surface area (Å²) in [7, 11) is 0. The number of amides is 1. The summed E-state index contributed by atoms with van der Waals surface area (Å²) in [5, 5.41) is 3.08. The minimum atomic E-state index is 0.101. The molecule has 1 atom stereocenters. The highest BCUT2D eigenvalue weighted by molar-refractivity contribution is 5.82. The van der Waals surface area contributed by atoms with Gasteiger partial charge in [-0.1, -0.05) is 55.5 Å². The second kappa shape index (κ2) is 7.32. The van der Waals surface area contributed by atoms with E-state index in [0.717, 1.165) is 19.4 Å². The van der Waals surface area contributed by atoms with Gasteiger partial charge in [-0.2, -0.15) is 0 Å². The van der Waals surface area contributed by atoms with Crippen molar-refractivity contribution in [1.82, 2.24) is 5.32 Å². The van der Waals surface area contributed by atoms with Crippen LogP contribution in [0.5, 0.6) is 0 Å². The molecule has 0 aromatic heterocycles. The molecule has 0 saturated carbocycles. The molecule has 2 aromatic rings. The minimum absolute atomic E-state index is 0.101. The highest BCUT2D eigenvalue weighted by atomic mass is 16.2. The van der Waals surface area contributed by atoms with E-state index < -0.39 is 0 Å².